The van der Waals surface area contributed by atoms with Crippen molar-refractivity contribution >= 4 is 17.3 Å². The summed E-state index contributed by atoms with van der Waals surface area (Å²) in [5, 5.41) is 0. The van der Waals surface area contributed by atoms with Crippen molar-refractivity contribution in [2.24, 2.45) is 0 Å². The summed E-state index contributed by atoms with van der Waals surface area (Å²) in [6.07, 6.45) is 0. The van der Waals surface area contributed by atoms with Crippen LogP contribution >= 0.6 is 11.3 Å². The zero-order valence-electron chi connectivity index (χ0n) is 9.96. The third kappa shape index (κ3) is 3.06. The minimum atomic E-state index is -0.245. The average molecular weight is 226 g/mol. The highest BCUT2D eigenvalue weighted by Crippen LogP contribution is 2.38. The van der Waals surface area contributed by atoms with Gasteiger partial charge in [-0.15, -0.1) is 11.3 Å². The number of carbonyl (C=O) groups is 1. The summed E-state index contributed by atoms with van der Waals surface area (Å²) in [5.41, 5.74) is 0. The van der Waals surface area contributed by atoms with Crippen molar-refractivity contribution in [3.05, 3.63) is 15.8 Å². The average Bonchev–Trinajstić information content (AvgIpc) is 2.46. The second-order valence-corrected chi connectivity index (χ2v) is 5.40. The van der Waals surface area contributed by atoms with E-state index in [2.05, 4.69) is 27.7 Å². The van der Waals surface area contributed by atoms with Crippen LogP contribution in [0.15, 0.2) is 6.07 Å². The first-order valence-corrected chi connectivity index (χ1v) is 6.05. The topological polar surface area (TPSA) is 26.3 Å². The Labute approximate surface area is 95.3 Å². The molecule has 1 heterocycles. The molecule has 0 fully saturated rings. The van der Waals surface area contributed by atoms with Crippen LogP contribution in [0.5, 0.6) is 5.75 Å². The second-order valence-electron chi connectivity index (χ2n) is 4.28. The lowest BCUT2D eigenvalue weighted by atomic mass is 10.1. The van der Waals surface area contributed by atoms with Gasteiger partial charge in [0, 0.05) is 11.8 Å². The summed E-state index contributed by atoms with van der Waals surface area (Å²) in [7, 11) is 0. The number of hydrogen-bond acceptors (Lipinski definition) is 3. The van der Waals surface area contributed by atoms with Gasteiger partial charge in [-0.2, -0.15) is 0 Å². The molecule has 0 aromatic carbocycles. The molecule has 0 amide bonds. The quantitative estimate of drug-likeness (QED) is 0.730. The fourth-order valence-electron chi connectivity index (χ4n) is 1.33. The van der Waals surface area contributed by atoms with E-state index in [4.69, 9.17) is 4.74 Å². The van der Waals surface area contributed by atoms with E-state index in [1.54, 1.807) is 11.3 Å². The van der Waals surface area contributed by atoms with Crippen LogP contribution in [0.25, 0.3) is 0 Å². The zero-order chi connectivity index (χ0) is 11.6. The van der Waals surface area contributed by atoms with Crippen LogP contribution in [0.3, 0.4) is 0 Å². The predicted molar refractivity (Wildman–Crippen MR) is 63.8 cm³/mol. The van der Waals surface area contributed by atoms with Crippen LogP contribution < -0.4 is 4.74 Å². The van der Waals surface area contributed by atoms with E-state index in [0.717, 1.165) is 10.6 Å². The molecule has 84 valence electrons. The molecule has 0 radical (unpaired) electrons. The van der Waals surface area contributed by atoms with E-state index in [1.807, 2.05) is 6.07 Å². The summed E-state index contributed by atoms with van der Waals surface area (Å²) in [5.74, 6) is 1.38. The van der Waals surface area contributed by atoms with Crippen LogP contribution in [0, 0.1) is 0 Å². The lowest BCUT2D eigenvalue weighted by molar-refractivity contribution is -0.131. The number of rotatable bonds is 3. The molecule has 0 atom stereocenters. The molecular weight excluding hydrogens is 208 g/mol. The monoisotopic (exact) mass is 226 g/mol. The van der Waals surface area contributed by atoms with Gasteiger partial charge in [-0.25, -0.2) is 0 Å². The Balaban J connectivity index is 3.05. The molecular formula is C12H18O2S. The van der Waals surface area contributed by atoms with Crippen molar-refractivity contribution in [2.45, 2.75) is 46.5 Å². The summed E-state index contributed by atoms with van der Waals surface area (Å²) < 4.78 is 5.21. The van der Waals surface area contributed by atoms with Gasteiger partial charge in [0.2, 0.25) is 0 Å². The lowest BCUT2D eigenvalue weighted by Crippen LogP contribution is -2.02. The number of carbonyl (C=O) groups excluding carboxylic acids is 1. The first kappa shape index (κ1) is 12.2. The van der Waals surface area contributed by atoms with Crippen molar-refractivity contribution in [1.82, 2.24) is 0 Å². The van der Waals surface area contributed by atoms with E-state index in [9.17, 15) is 4.79 Å². The minimum Gasteiger partial charge on any atom is -0.426 e. The van der Waals surface area contributed by atoms with Gasteiger partial charge in [0.1, 0.15) is 5.75 Å². The van der Waals surface area contributed by atoms with Crippen LogP contribution in [-0.2, 0) is 4.79 Å². The molecule has 1 rings (SSSR count). The van der Waals surface area contributed by atoms with Gasteiger partial charge in [-0.3, -0.25) is 4.79 Å². The van der Waals surface area contributed by atoms with E-state index < -0.39 is 0 Å². The molecule has 0 aliphatic heterocycles. The first-order valence-electron chi connectivity index (χ1n) is 5.23. The maximum absolute atomic E-state index is 10.9. The largest absolute Gasteiger partial charge is 0.426 e. The van der Waals surface area contributed by atoms with Gasteiger partial charge in [0.25, 0.3) is 0 Å². The lowest BCUT2D eigenvalue weighted by Gasteiger charge is -2.05. The molecule has 2 nitrogen and oxygen atoms in total. The number of ether oxygens (including phenoxy) is 1. The van der Waals surface area contributed by atoms with Crippen LogP contribution in [0.1, 0.15) is 56.2 Å². The van der Waals surface area contributed by atoms with E-state index in [-0.39, 0.29) is 5.97 Å². The van der Waals surface area contributed by atoms with Gasteiger partial charge < -0.3 is 4.74 Å². The van der Waals surface area contributed by atoms with Crippen molar-refractivity contribution in [3.63, 3.8) is 0 Å². The Kier molecular flexibility index (Phi) is 3.91. The SMILES string of the molecule is CC(=O)Oc1cc(C(C)C)sc1C(C)C. The maximum atomic E-state index is 10.9. The van der Waals surface area contributed by atoms with Crippen LogP contribution in [0.2, 0.25) is 0 Å². The van der Waals surface area contributed by atoms with Crippen LogP contribution in [-0.4, -0.2) is 5.97 Å². The number of thiophene rings is 1. The highest BCUT2D eigenvalue weighted by Gasteiger charge is 2.16. The molecule has 3 heteroatoms. The Bertz CT molecular complexity index is 351. The molecule has 0 unspecified atom stereocenters. The highest BCUT2D eigenvalue weighted by molar-refractivity contribution is 7.12. The van der Waals surface area contributed by atoms with Crippen LogP contribution in [0.4, 0.5) is 0 Å². The van der Waals surface area contributed by atoms with Gasteiger partial charge in [-0.1, -0.05) is 27.7 Å². The first-order chi connectivity index (χ1) is 6.91. The third-order valence-electron chi connectivity index (χ3n) is 2.09. The van der Waals surface area contributed by atoms with E-state index in [0.29, 0.717) is 11.8 Å². The Morgan fingerprint density at radius 1 is 1.27 bits per heavy atom. The Hall–Kier alpha value is -0.830. The molecule has 0 saturated heterocycles. The normalized spacial score (nSPS) is 11.1. The fraction of sp³-hybridized carbons (Fsp3) is 0.583. The van der Waals surface area contributed by atoms with E-state index >= 15 is 0 Å². The van der Waals surface area contributed by atoms with Gasteiger partial charge in [0.15, 0.2) is 0 Å². The minimum absolute atomic E-state index is 0.245. The highest BCUT2D eigenvalue weighted by atomic mass is 32.1. The van der Waals surface area contributed by atoms with Gasteiger partial charge in [-0.05, 0) is 17.9 Å². The summed E-state index contributed by atoms with van der Waals surface area (Å²) in [4.78, 5) is 13.4. The van der Waals surface area contributed by atoms with Crippen molar-refractivity contribution in [2.75, 3.05) is 0 Å². The molecule has 0 bridgehead atoms. The Morgan fingerprint density at radius 3 is 2.27 bits per heavy atom. The maximum Gasteiger partial charge on any atom is 0.308 e. The fourth-order valence-corrected chi connectivity index (χ4v) is 2.42. The standard InChI is InChI=1S/C12H18O2S/c1-7(2)11-6-10(14-9(5)13)12(15-11)8(3)4/h6-8H,1-5H3. The summed E-state index contributed by atoms with van der Waals surface area (Å²) >= 11 is 1.74. The van der Waals surface area contributed by atoms with Crippen molar-refractivity contribution in [3.8, 4) is 5.75 Å². The van der Waals surface area contributed by atoms with Gasteiger partial charge >= 0.3 is 5.97 Å². The molecule has 0 saturated carbocycles. The summed E-state index contributed by atoms with van der Waals surface area (Å²) in [6.45, 7) is 9.96. The number of hydrogen-bond donors (Lipinski definition) is 0. The Morgan fingerprint density at radius 2 is 1.87 bits per heavy atom. The molecule has 1 aromatic rings. The van der Waals surface area contributed by atoms with Gasteiger partial charge in [0.05, 0.1) is 4.88 Å². The molecule has 0 spiro atoms. The van der Waals surface area contributed by atoms with E-state index in [1.165, 1.54) is 11.8 Å². The van der Waals surface area contributed by atoms with Crippen molar-refractivity contribution in [1.29, 1.82) is 0 Å². The summed E-state index contributed by atoms with van der Waals surface area (Å²) in [6, 6.07) is 1.99. The molecule has 1 aromatic heterocycles. The zero-order valence-corrected chi connectivity index (χ0v) is 10.8. The molecule has 0 aliphatic carbocycles. The molecule has 0 aliphatic rings. The smallest absolute Gasteiger partial charge is 0.308 e. The predicted octanol–water partition coefficient (Wildman–Crippen LogP) is 3.92. The molecule has 15 heavy (non-hydrogen) atoms. The van der Waals surface area contributed by atoms with Crippen molar-refractivity contribution < 1.29 is 9.53 Å². The second kappa shape index (κ2) is 4.79. The third-order valence-corrected chi connectivity index (χ3v) is 3.81. The number of esters is 1. The molecule has 0 N–H and O–H groups in total.